The summed E-state index contributed by atoms with van der Waals surface area (Å²) < 4.78 is 6.84. The van der Waals surface area contributed by atoms with Gasteiger partial charge in [-0.15, -0.1) is 10.2 Å². The fourth-order valence-electron chi connectivity index (χ4n) is 1.60. The van der Waals surface area contributed by atoms with E-state index < -0.39 is 0 Å². The van der Waals surface area contributed by atoms with Crippen LogP contribution >= 0.6 is 35.0 Å². The van der Waals surface area contributed by atoms with Crippen LogP contribution in [-0.2, 0) is 16.1 Å². The van der Waals surface area contributed by atoms with Crippen molar-refractivity contribution in [3.8, 4) is 0 Å². The molecule has 0 bridgehead atoms. The van der Waals surface area contributed by atoms with Crippen LogP contribution in [0.25, 0.3) is 0 Å². The molecule has 0 aliphatic carbocycles. The van der Waals surface area contributed by atoms with E-state index in [0.717, 1.165) is 0 Å². The Morgan fingerprint density at radius 2 is 2.23 bits per heavy atom. The first-order valence-electron chi connectivity index (χ1n) is 6.34. The summed E-state index contributed by atoms with van der Waals surface area (Å²) in [6.07, 6.45) is 1.61. The summed E-state index contributed by atoms with van der Waals surface area (Å²) in [5.74, 6) is 0.0519. The molecule has 0 fully saturated rings. The minimum atomic E-state index is -0.162. The highest BCUT2D eigenvalue weighted by atomic mass is 35.5. The zero-order valence-electron chi connectivity index (χ0n) is 11.8. The molecule has 0 spiro atoms. The fraction of sp³-hybridized carbons (Fsp3) is 0.308. The Hall–Kier alpha value is -1.28. The molecule has 1 aromatic heterocycles. The standard InChI is InChI=1S/C13H14Cl2N4O2S/c1-21-5-4-19-8-16-18-13(19)22-7-12(20)17-9-2-3-10(14)11(15)6-9/h2-3,6,8H,4-5,7H2,1H3,(H,17,20). The smallest absolute Gasteiger partial charge is 0.234 e. The van der Waals surface area contributed by atoms with Crippen LogP contribution in [-0.4, -0.2) is 40.1 Å². The molecule has 9 heteroatoms. The van der Waals surface area contributed by atoms with Gasteiger partial charge in [0.1, 0.15) is 6.33 Å². The largest absolute Gasteiger partial charge is 0.383 e. The van der Waals surface area contributed by atoms with Crippen molar-refractivity contribution in [3.63, 3.8) is 0 Å². The highest BCUT2D eigenvalue weighted by Gasteiger charge is 2.09. The number of aromatic nitrogens is 3. The van der Waals surface area contributed by atoms with Crippen LogP contribution in [0.2, 0.25) is 10.0 Å². The van der Waals surface area contributed by atoms with Gasteiger partial charge in [0.25, 0.3) is 0 Å². The first-order chi connectivity index (χ1) is 10.6. The molecule has 0 atom stereocenters. The third-order valence-electron chi connectivity index (χ3n) is 2.65. The lowest BCUT2D eigenvalue weighted by molar-refractivity contribution is -0.113. The molecular weight excluding hydrogens is 347 g/mol. The average Bonchev–Trinajstić information content (AvgIpc) is 2.94. The summed E-state index contributed by atoms with van der Waals surface area (Å²) in [7, 11) is 1.63. The number of nitrogens with zero attached hydrogens (tertiary/aromatic N) is 3. The molecule has 118 valence electrons. The van der Waals surface area contributed by atoms with Crippen molar-refractivity contribution in [1.82, 2.24) is 14.8 Å². The molecule has 1 N–H and O–H groups in total. The predicted molar refractivity (Wildman–Crippen MR) is 87.7 cm³/mol. The van der Waals surface area contributed by atoms with Gasteiger partial charge in [-0.3, -0.25) is 4.79 Å². The Morgan fingerprint density at radius 3 is 2.95 bits per heavy atom. The van der Waals surface area contributed by atoms with Gasteiger partial charge in [0.15, 0.2) is 5.16 Å². The van der Waals surface area contributed by atoms with Crippen molar-refractivity contribution in [2.45, 2.75) is 11.7 Å². The van der Waals surface area contributed by atoms with E-state index in [2.05, 4.69) is 15.5 Å². The second-order valence-electron chi connectivity index (χ2n) is 4.27. The third-order valence-corrected chi connectivity index (χ3v) is 4.37. The van der Waals surface area contributed by atoms with Crippen LogP contribution in [0.3, 0.4) is 0 Å². The minimum Gasteiger partial charge on any atom is -0.383 e. The number of thioether (sulfide) groups is 1. The second kappa shape index (κ2) is 8.38. The van der Waals surface area contributed by atoms with Crippen molar-refractivity contribution >= 4 is 46.6 Å². The Morgan fingerprint density at radius 1 is 1.41 bits per heavy atom. The molecule has 0 unspecified atom stereocenters. The maximum absolute atomic E-state index is 11.9. The fourth-order valence-corrected chi connectivity index (χ4v) is 2.64. The van der Waals surface area contributed by atoms with Crippen LogP contribution < -0.4 is 5.32 Å². The summed E-state index contributed by atoms with van der Waals surface area (Å²) in [6, 6.07) is 4.93. The topological polar surface area (TPSA) is 69.0 Å². The molecule has 1 aromatic carbocycles. The number of hydrogen-bond acceptors (Lipinski definition) is 5. The lowest BCUT2D eigenvalue weighted by Gasteiger charge is -2.07. The van der Waals surface area contributed by atoms with E-state index in [0.29, 0.717) is 34.0 Å². The van der Waals surface area contributed by atoms with Crippen LogP contribution in [0, 0.1) is 0 Å². The maximum atomic E-state index is 11.9. The number of ether oxygens (including phenoxy) is 1. The molecule has 0 aliphatic rings. The van der Waals surface area contributed by atoms with Gasteiger partial charge in [0, 0.05) is 19.3 Å². The van der Waals surface area contributed by atoms with Gasteiger partial charge in [0.05, 0.1) is 22.4 Å². The molecule has 6 nitrogen and oxygen atoms in total. The monoisotopic (exact) mass is 360 g/mol. The van der Waals surface area contributed by atoms with E-state index in [4.69, 9.17) is 27.9 Å². The Balaban J connectivity index is 1.87. The number of hydrogen-bond donors (Lipinski definition) is 1. The highest BCUT2D eigenvalue weighted by molar-refractivity contribution is 7.99. The number of benzene rings is 1. The van der Waals surface area contributed by atoms with Crippen LogP contribution in [0.5, 0.6) is 0 Å². The summed E-state index contributed by atoms with van der Waals surface area (Å²) in [5.41, 5.74) is 0.598. The van der Waals surface area contributed by atoms with Crippen LogP contribution in [0.15, 0.2) is 29.7 Å². The van der Waals surface area contributed by atoms with Gasteiger partial charge in [0.2, 0.25) is 5.91 Å². The summed E-state index contributed by atoms with van der Waals surface area (Å²) >= 11 is 13.0. The number of carbonyl (C=O) groups is 1. The Labute approximate surface area is 142 Å². The third kappa shape index (κ3) is 4.88. The van der Waals surface area contributed by atoms with E-state index in [-0.39, 0.29) is 11.7 Å². The van der Waals surface area contributed by atoms with E-state index in [1.165, 1.54) is 11.8 Å². The summed E-state index contributed by atoms with van der Waals surface area (Å²) in [4.78, 5) is 11.9. The molecular formula is C13H14Cl2N4O2S. The van der Waals surface area contributed by atoms with Crippen molar-refractivity contribution in [2.75, 3.05) is 24.8 Å². The number of carbonyl (C=O) groups excluding carboxylic acids is 1. The van der Waals surface area contributed by atoms with Gasteiger partial charge in [-0.05, 0) is 18.2 Å². The van der Waals surface area contributed by atoms with Crippen LogP contribution in [0.4, 0.5) is 5.69 Å². The summed E-state index contributed by atoms with van der Waals surface area (Å²) in [5, 5.41) is 12.1. The van der Waals surface area contributed by atoms with Crippen molar-refractivity contribution < 1.29 is 9.53 Å². The van der Waals surface area contributed by atoms with Gasteiger partial charge in [-0.1, -0.05) is 35.0 Å². The Bertz CT molecular complexity index is 651. The number of anilines is 1. The molecule has 0 radical (unpaired) electrons. The Kier molecular flexibility index (Phi) is 6.50. The van der Waals surface area contributed by atoms with Crippen LogP contribution in [0.1, 0.15) is 0 Å². The first-order valence-corrected chi connectivity index (χ1v) is 8.08. The molecule has 1 amide bonds. The van der Waals surface area contributed by atoms with E-state index in [1.54, 1.807) is 31.6 Å². The van der Waals surface area contributed by atoms with Gasteiger partial charge >= 0.3 is 0 Å². The number of methoxy groups -OCH3 is 1. The molecule has 22 heavy (non-hydrogen) atoms. The molecule has 0 saturated carbocycles. The molecule has 2 aromatic rings. The average molecular weight is 361 g/mol. The second-order valence-corrected chi connectivity index (χ2v) is 6.02. The van der Waals surface area contributed by atoms with E-state index >= 15 is 0 Å². The van der Waals surface area contributed by atoms with Crippen molar-refractivity contribution in [1.29, 1.82) is 0 Å². The normalized spacial score (nSPS) is 10.7. The number of halogens is 2. The number of amides is 1. The quantitative estimate of drug-likeness (QED) is 0.768. The number of nitrogens with one attached hydrogen (secondary N) is 1. The van der Waals surface area contributed by atoms with Crippen molar-refractivity contribution in [3.05, 3.63) is 34.6 Å². The molecule has 0 saturated heterocycles. The number of rotatable bonds is 7. The maximum Gasteiger partial charge on any atom is 0.234 e. The molecule has 2 rings (SSSR count). The lowest BCUT2D eigenvalue weighted by atomic mass is 10.3. The van der Waals surface area contributed by atoms with Gasteiger partial charge in [-0.2, -0.15) is 0 Å². The zero-order valence-corrected chi connectivity index (χ0v) is 14.1. The molecule has 1 heterocycles. The summed E-state index contributed by atoms with van der Waals surface area (Å²) in [6.45, 7) is 1.20. The lowest BCUT2D eigenvalue weighted by Crippen LogP contribution is -2.14. The highest BCUT2D eigenvalue weighted by Crippen LogP contribution is 2.25. The van der Waals surface area contributed by atoms with E-state index in [1.807, 2.05) is 4.57 Å². The minimum absolute atomic E-state index is 0.162. The van der Waals surface area contributed by atoms with Crippen molar-refractivity contribution in [2.24, 2.45) is 0 Å². The first kappa shape index (κ1) is 17.1. The zero-order chi connectivity index (χ0) is 15.9. The SMILES string of the molecule is COCCn1cnnc1SCC(=O)Nc1ccc(Cl)c(Cl)c1. The molecule has 0 aliphatic heterocycles. The van der Waals surface area contributed by atoms with Gasteiger partial charge in [-0.25, -0.2) is 0 Å². The van der Waals surface area contributed by atoms with Gasteiger partial charge < -0.3 is 14.6 Å². The predicted octanol–water partition coefficient (Wildman–Crippen LogP) is 2.96. The van der Waals surface area contributed by atoms with E-state index in [9.17, 15) is 4.79 Å².